The number of nitrogens with zero attached hydrogens (tertiary/aromatic N) is 2. The second-order valence-corrected chi connectivity index (χ2v) is 8.06. The van der Waals surface area contributed by atoms with Gasteiger partial charge >= 0.3 is 0 Å². The van der Waals surface area contributed by atoms with Crippen LogP contribution in [0.25, 0.3) is 0 Å². The SMILES string of the molecule is CC1CN(C)CCC1CCc1ccc(NC(=O)CN2CCCC2)cc1. The lowest BCUT2D eigenvalue weighted by Crippen LogP contribution is -2.36. The summed E-state index contributed by atoms with van der Waals surface area (Å²) in [7, 11) is 2.23. The molecule has 138 valence electrons. The molecule has 2 aliphatic rings. The van der Waals surface area contributed by atoms with Crippen molar-refractivity contribution in [3.63, 3.8) is 0 Å². The average molecular weight is 344 g/mol. The van der Waals surface area contributed by atoms with Crippen molar-refractivity contribution in [2.75, 3.05) is 45.1 Å². The van der Waals surface area contributed by atoms with E-state index in [4.69, 9.17) is 0 Å². The number of carbonyl (C=O) groups excluding carboxylic acids is 1. The number of carbonyl (C=O) groups is 1. The van der Waals surface area contributed by atoms with Crippen LogP contribution in [0.1, 0.15) is 38.2 Å². The van der Waals surface area contributed by atoms with Gasteiger partial charge in [0.05, 0.1) is 6.54 Å². The summed E-state index contributed by atoms with van der Waals surface area (Å²) in [5.74, 6) is 1.74. The summed E-state index contributed by atoms with van der Waals surface area (Å²) in [5.41, 5.74) is 2.30. The van der Waals surface area contributed by atoms with Gasteiger partial charge in [-0.1, -0.05) is 19.1 Å². The Morgan fingerprint density at radius 1 is 1.16 bits per heavy atom. The van der Waals surface area contributed by atoms with E-state index in [1.165, 1.54) is 44.3 Å². The monoisotopic (exact) mass is 343 g/mol. The second-order valence-electron chi connectivity index (χ2n) is 8.06. The van der Waals surface area contributed by atoms with Gasteiger partial charge in [0.2, 0.25) is 5.91 Å². The van der Waals surface area contributed by atoms with E-state index in [0.29, 0.717) is 6.54 Å². The maximum atomic E-state index is 12.1. The summed E-state index contributed by atoms with van der Waals surface area (Å²) < 4.78 is 0. The molecular weight excluding hydrogens is 310 g/mol. The van der Waals surface area contributed by atoms with E-state index in [-0.39, 0.29) is 5.91 Å². The molecule has 2 heterocycles. The Bertz CT molecular complexity index is 551. The minimum absolute atomic E-state index is 0.106. The summed E-state index contributed by atoms with van der Waals surface area (Å²) >= 11 is 0. The van der Waals surface area contributed by atoms with Gasteiger partial charge in [0.1, 0.15) is 0 Å². The number of likely N-dealkylation sites (tertiary alicyclic amines) is 2. The molecule has 0 spiro atoms. The van der Waals surface area contributed by atoms with Crippen LogP contribution in [0.15, 0.2) is 24.3 Å². The van der Waals surface area contributed by atoms with E-state index in [1.807, 2.05) is 0 Å². The lowest BCUT2D eigenvalue weighted by atomic mass is 9.83. The number of aryl methyl sites for hydroxylation is 1. The first-order chi connectivity index (χ1) is 12.1. The predicted molar refractivity (Wildman–Crippen MR) is 104 cm³/mol. The largest absolute Gasteiger partial charge is 0.325 e. The quantitative estimate of drug-likeness (QED) is 0.861. The molecule has 0 aromatic heterocycles. The van der Waals surface area contributed by atoms with E-state index < -0.39 is 0 Å². The molecule has 1 aromatic rings. The van der Waals surface area contributed by atoms with Crippen molar-refractivity contribution in [2.45, 2.75) is 39.0 Å². The molecule has 3 rings (SSSR count). The normalized spacial score (nSPS) is 25.2. The molecule has 2 unspecified atom stereocenters. The van der Waals surface area contributed by atoms with Crippen LogP contribution < -0.4 is 5.32 Å². The average Bonchev–Trinajstić information content (AvgIpc) is 3.08. The fourth-order valence-electron chi connectivity index (χ4n) is 4.28. The highest BCUT2D eigenvalue weighted by Gasteiger charge is 2.23. The summed E-state index contributed by atoms with van der Waals surface area (Å²) in [4.78, 5) is 16.8. The first kappa shape index (κ1) is 18.4. The fraction of sp³-hybridized carbons (Fsp3) is 0.667. The number of anilines is 1. The first-order valence-corrected chi connectivity index (χ1v) is 9.90. The maximum Gasteiger partial charge on any atom is 0.238 e. The van der Waals surface area contributed by atoms with Crippen molar-refractivity contribution in [3.8, 4) is 0 Å². The number of hydrogen-bond donors (Lipinski definition) is 1. The molecule has 2 saturated heterocycles. The molecule has 0 saturated carbocycles. The molecule has 0 aliphatic carbocycles. The Labute approximate surface area is 152 Å². The van der Waals surface area contributed by atoms with Crippen LogP contribution in [0.3, 0.4) is 0 Å². The Morgan fingerprint density at radius 2 is 1.88 bits per heavy atom. The zero-order valence-corrected chi connectivity index (χ0v) is 15.8. The highest BCUT2D eigenvalue weighted by molar-refractivity contribution is 5.92. The smallest absolute Gasteiger partial charge is 0.238 e. The van der Waals surface area contributed by atoms with Crippen LogP contribution >= 0.6 is 0 Å². The van der Waals surface area contributed by atoms with E-state index in [1.54, 1.807) is 0 Å². The number of hydrogen-bond acceptors (Lipinski definition) is 3. The van der Waals surface area contributed by atoms with Gasteiger partial charge in [-0.2, -0.15) is 0 Å². The van der Waals surface area contributed by atoms with Crippen molar-refractivity contribution in [1.82, 2.24) is 9.80 Å². The Hall–Kier alpha value is -1.39. The standard InChI is InChI=1S/C21H33N3O/c1-17-15-23(2)14-11-19(17)8-5-18-6-9-20(10-7-18)22-21(25)16-24-12-3-4-13-24/h6-7,9-10,17,19H,3-5,8,11-16H2,1-2H3,(H,22,25). The van der Waals surface area contributed by atoms with Crippen molar-refractivity contribution in [2.24, 2.45) is 11.8 Å². The van der Waals surface area contributed by atoms with E-state index in [9.17, 15) is 4.79 Å². The number of piperidine rings is 1. The summed E-state index contributed by atoms with van der Waals surface area (Å²) in [6.45, 7) is 7.49. The van der Waals surface area contributed by atoms with Crippen LogP contribution in [-0.2, 0) is 11.2 Å². The Balaban J connectivity index is 1.43. The molecule has 0 bridgehead atoms. The first-order valence-electron chi connectivity index (χ1n) is 9.90. The topological polar surface area (TPSA) is 35.6 Å². The minimum Gasteiger partial charge on any atom is -0.325 e. The highest BCUT2D eigenvalue weighted by Crippen LogP contribution is 2.27. The molecule has 1 aromatic carbocycles. The molecule has 1 amide bonds. The number of benzene rings is 1. The number of amides is 1. The van der Waals surface area contributed by atoms with E-state index in [0.717, 1.165) is 37.0 Å². The Morgan fingerprint density at radius 3 is 2.56 bits per heavy atom. The van der Waals surface area contributed by atoms with Crippen LogP contribution in [0.4, 0.5) is 5.69 Å². The number of rotatable bonds is 6. The van der Waals surface area contributed by atoms with E-state index in [2.05, 4.69) is 53.4 Å². The molecule has 0 radical (unpaired) electrons. The molecule has 1 N–H and O–H groups in total. The summed E-state index contributed by atoms with van der Waals surface area (Å²) in [6.07, 6.45) is 6.18. The van der Waals surface area contributed by atoms with Gasteiger partial charge in [0.15, 0.2) is 0 Å². The van der Waals surface area contributed by atoms with Gasteiger partial charge in [-0.05, 0) is 88.3 Å². The Kier molecular flexibility index (Phi) is 6.49. The molecule has 4 heteroatoms. The lowest BCUT2D eigenvalue weighted by molar-refractivity contribution is -0.117. The van der Waals surface area contributed by atoms with Crippen molar-refractivity contribution in [3.05, 3.63) is 29.8 Å². The van der Waals surface area contributed by atoms with Gasteiger partial charge in [-0.15, -0.1) is 0 Å². The molecule has 25 heavy (non-hydrogen) atoms. The van der Waals surface area contributed by atoms with Crippen molar-refractivity contribution in [1.29, 1.82) is 0 Å². The third-order valence-electron chi connectivity index (χ3n) is 5.89. The summed E-state index contributed by atoms with van der Waals surface area (Å²) in [6, 6.07) is 8.45. The third kappa shape index (κ3) is 5.55. The van der Waals surface area contributed by atoms with Gasteiger partial charge < -0.3 is 10.2 Å². The van der Waals surface area contributed by atoms with Crippen LogP contribution in [0.2, 0.25) is 0 Å². The zero-order valence-electron chi connectivity index (χ0n) is 15.8. The molecule has 2 atom stereocenters. The third-order valence-corrected chi connectivity index (χ3v) is 5.89. The molecular formula is C21H33N3O. The van der Waals surface area contributed by atoms with Gasteiger partial charge in [0.25, 0.3) is 0 Å². The second kappa shape index (κ2) is 8.81. The maximum absolute atomic E-state index is 12.1. The predicted octanol–water partition coefficient (Wildman–Crippen LogP) is 3.24. The van der Waals surface area contributed by atoms with E-state index >= 15 is 0 Å². The molecule has 2 aliphatic heterocycles. The molecule has 2 fully saturated rings. The van der Waals surface area contributed by atoms with Crippen LogP contribution in [0.5, 0.6) is 0 Å². The highest BCUT2D eigenvalue weighted by atomic mass is 16.2. The minimum atomic E-state index is 0.106. The van der Waals surface area contributed by atoms with Crippen LogP contribution in [0, 0.1) is 11.8 Å². The summed E-state index contributed by atoms with van der Waals surface area (Å²) in [5, 5.41) is 3.03. The molecule has 4 nitrogen and oxygen atoms in total. The van der Waals surface area contributed by atoms with Crippen molar-refractivity contribution >= 4 is 11.6 Å². The van der Waals surface area contributed by atoms with Crippen LogP contribution in [-0.4, -0.2) is 55.5 Å². The number of nitrogens with one attached hydrogen (secondary N) is 1. The van der Waals surface area contributed by atoms with Gasteiger partial charge in [0, 0.05) is 12.2 Å². The lowest BCUT2D eigenvalue weighted by Gasteiger charge is -2.34. The zero-order chi connectivity index (χ0) is 17.6. The van der Waals surface area contributed by atoms with Gasteiger partial charge in [-0.3, -0.25) is 9.69 Å². The van der Waals surface area contributed by atoms with Crippen molar-refractivity contribution < 1.29 is 4.79 Å². The fourth-order valence-corrected chi connectivity index (χ4v) is 4.28. The van der Waals surface area contributed by atoms with Gasteiger partial charge in [-0.25, -0.2) is 0 Å².